The summed E-state index contributed by atoms with van der Waals surface area (Å²) in [7, 11) is 1.54. The van der Waals surface area contributed by atoms with Crippen LogP contribution >= 0.6 is 15.9 Å². The molecule has 4 rings (SSSR count). The summed E-state index contributed by atoms with van der Waals surface area (Å²) in [5, 5.41) is 8.09. The van der Waals surface area contributed by atoms with Gasteiger partial charge in [0.15, 0.2) is 0 Å². The highest BCUT2D eigenvalue weighted by atomic mass is 79.9. The lowest BCUT2D eigenvalue weighted by molar-refractivity contribution is -0.137. The van der Waals surface area contributed by atoms with E-state index in [1.807, 2.05) is 0 Å². The molecule has 2 aromatic carbocycles. The van der Waals surface area contributed by atoms with Gasteiger partial charge in [0.1, 0.15) is 5.75 Å². The first kappa shape index (κ1) is 22.3. The summed E-state index contributed by atoms with van der Waals surface area (Å²) in [4.78, 5) is 14.8. The monoisotopic (exact) mass is 509 g/mol. The molecule has 0 N–H and O–H groups in total. The Bertz CT molecular complexity index is 1120. The first-order valence-corrected chi connectivity index (χ1v) is 10.7. The number of piperidine rings is 1. The number of halogens is 4. The summed E-state index contributed by atoms with van der Waals surface area (Å²) in [6.07, 6.45) is -2.89. The Balaban J connectivity index is 1.50. The molecule has 2 heterocycles. The average molecular weight is 510 g/mol. The van der Waals surface area contributed by atoms with Gasteiger partial charge in [-0.2, -0.15) is 13.2 Å². The second-order valence-corrected chi connectivity index (χ2v) is 8.31. The first-order chi connectivity index (χ1) is 15.3. The SMILES string of the molecule is COc1ccc(Br)c(C(=O)N2CCCC(c3nnc(-c4ccc(C(F)(F)F)cc4)o3)C2)c1. The molecule has 0 radical (unpaired) electrons. The Morgan fingerprint density at radius 3 is 2.62 bits per heavy atom. The molecular weight excluding hydrogens is 491 g/mol. The predicted molar refractivity (Wildman–Crippen MR) is 113 cm³/mol. The zero-order valence-electron chi connectivity index (χ0n) is 17.0. The predicted octanol–water partition coefficient (Wildman–Crippen LogP) is 5.55. The lowest BCUT2D eigenvalue weighted by Crippen LogP contribution is -2.39. The van der Waals surface area contributed by atoms with Crippen LogP contribution in [-0.4, -0.2) is 41.2 Å². The van der Waals surface area contributed by atoms with E-state index >= 15 is 0 Å². The fraction of sp³-hybridized carbons (Fsp3) is 0.318. The maximum absolute atomic E-state index is 13.1. The zero-order chi connectivity index (χ0) is 22.9. The van der Waals surface area contributed by atoms with Crippen LogP contribution in [-0.2, 0) is 6.18 Å². The van der Waals surface area contributed by atoms with E-state index in [9.17, 15) is 18.0 Å². The third-order valence-electron chi connectivity index (χ3n) is 5.36. The van der Waals surface area contributed by atoms with Gasteiger partial charge in [-0.25, -0.2) is 0 Å². The molecule has 1 fully saturated rings. The number of rotatable bonds is 4. The highest BCUT2D eigenvalue weighted by Crippen LogP contribution is 2.33. The number of amides is 1. The summed E-state index contributed by atoms with van der Waals surface area (Å²) in [5.74, 6) is 0.800. The Kier molecular flexibility index (Phi) is 6.23. The molecule has 3 aromatic rings. The van der Waals surface area contributed by atoms with Gasteiger partial charge < -0.3 is 14.1 Å². The molecule has 1 aliphatic heterocycles. The van der Waals surface area contributed by atoms with E-state index in [0.29, 0.717) is 40.3 Å². The van der Waals surface area contributed by atoms with Crippen molar-refractivity contribution >= 4 is 21.8 Å². The molecule has 0 spiro atoms. The van der Waals surface area contributed by atoms with E-state index in [4.69, 9.17) is 9.15 Å². The second kappa shape index (κ2) is 8.93. The van der Waals surface area contributed by atoms with Crippen molar-refractivity contribution < 1.29 is 27.1 Å². The minimum Gasteiger partial charge on any atom is -0.497 e. The number of benzene rings is 2. The maximum atomic E-state index is 13.1. The van der Waals surface area contributed by atoms with E-state index in [2.05, 4.69) is 26.1 Å². The molecule has 0 aliphatic carbocycles. The summed E-state index contributed by atoms with van der Waals surface area (Å²) in [5.41, 5.74) is 0.160. The van der Waals surface area contributed by atoms with Crippen LogP contribution in [0.5, 0.6) is 5.75 Å². The number of methoxy groups -OCH3 is 1. The number of likely N-dealkylation sites (tertiary alicyclic amines) is 1. The number of nitrogens with zero attached hydrogens (tertiary/aromatic N) is 3. The third-order valence-corrected chi connectivity index (χ3v) is 6.05. The van der Waals surface area contributed by atoms with Crippen molar-refractivity contribution in [1.29, 1.82) is 0 Å². The molecule has 0 bridgehead atoms. The largest absolute Gasteiger partial charge is 0.497 e. The summed E-state index contributed by atoms with van der Waals surface area (Å²) in [6.45, 7) is 0.996. The van der Waals surface area contributed by atoms with E-state index in [1.54, 1.807) is 23.1 Å². The lowest BCUT2D eigenvalue weighted by atomic mass is 9.97. The van der Waals surface area contributed by atoms with E-state index in [1.165, 1.54) is 19.2 Å². The first-order valence-electron chi connectivity index (χ1n) is 9.90. The average Bonchev–Trinajstić information content (AvgIpc) is 3.29. The minimum absolute atomic E-state index is 0.136. The van der Waals surface area contributed by atoms with Gasteiger partial charge >= 0.3 is 6.18 Å². The summed E-state index contributed by atoms with van der Waals surface area (Å²) in [6, 6.07) is 9.78. The van der Waals surface area contributed by atoms with Crippen molar-refractivity contribution in [2.24, 2.45) is 0 Å². The summed E-state index contributed by atoms with van der Waals surface area (Å²) < 4.78 is 50.0. The Morgan fingerprint density at radius 1 is 1.19 bits per heavy atom. The molecule has 32 heavy (non-hydrogen) atoms. The van der Waals surface area contributed by atoms with Gasteiger partial charge in [0.05, 0.1) is 24.2 Å². The number of ether oxygens (including phenoxy) is 1. The smallest absolute Gasteiger partial charge is 0.416 e. The van der Waals surface area contributed by atoms with Crippen LogP contribution in [0.4, 0.5) is 13.2 Å². The number of aromatic nitrogens is 2. The molecular formula is C22H19BrF3N3O3. The van der Waals surface area contributed by atoms with Crippen molar-refractivity contribution in [2.75, 3.05) is 20.2 Å². The Hall–Kier alpha value is -2.88. The molecule has 1 saturated heterocycles. The van der Waals surface area contributed by atoms with Gasteiger partial charge in [0, 0.05) is 23.1 Å². The molecule has 1 unspecified atom stereocenters. The molecule has 10 heteroatoms. The van der Waals surface area contributed by atoms with Crippen LogP contribution in [0.15, 0.2) is 51.4 Å². The summed E-state index contributed by atoms with van der Waals surface area (Å²) >= 11 is 3.42. The molecule has 1 atom stereocenters. The van der Waals surface area contributed by atoms with E-state index in [0.717, 1.165) is 25.0 Å². The molecule has 0 saturated carbocycles. The molecule has 1 aromatic heterocycles. The normalized spacial score (nSPS) is 16.8. The quantitative estimate of drug-likeness (QED) is 0.461. The highest BCUT2D eigenvalue weighted by Gasteiger charge is 2.31. The Morgan fingerprint density at radius 2 is 1.94 bits per heavy atom. The molecule has 1 aliphatic rings. The standard InChI is InChI=1S/C22H19BrF3N3O3/c1-31-16-8-9-18(23)17(11-16)21(30)29-10-2-3-14(12-29)20-28-27-19(32-20)13-4-6-15(7-5-13)22(24,25)26/h4-9,11,14H,2-3,10,12H2,1H3. The van der Waals surface area contributed by atoms with E-state index in [-0.39, 0.29) is 17.7 Å². The van der Waals surface area contributed by atoms with Crippen molar-refractivity contribution in [2.45, 2.75) is 24.9 Å². The minimum atomic E-state index is -4.41. The van der Waals surface area contributed by atoms with Crippen LogP contribution in [0.3, 0.4) is 0 Å². The van der Waals surface area contributed by atoms with Crippen molar-refractivity contribution in [3.05, 3.63) is 64.0 Å². The third kappa shape index (κ3) is 4.64. The van der Waals surface area contributed by atoms with Gasteiger partial charge in [-0.3, -0.25) is 4.79 Å². The molecule has 6 nitrogen and oxygen atoms in total. The maximum Gasteiger partial charge on any atom is 0.416 e. The van der Waals surface area contributed by atoms with Gasteiger partial charge in [-0.1, -0.05) is 0 Å². The number of carbonyl (C=O) groups excluding carboxylic acids is 1. The van der Waals surface area contributed by atoms with Crippen molar-refractivity contribution in [3.8, 4) is 17.2 Å². The topological polar surface area (TPSA) is 68.5 Å². The van der Waals surface area contributed by atoms with Crippen LogP contribution < -0.4 is 4.74 Å². The van der Waals surface area contributed by atoms with Crippen LogP contribution in [0.25, 0.3) is 11.5 Å². The second-order valence-electron chi connectivity index (χ2n) is 7.46. The zero-order valence-corrected chi connectivity index (χ0v) is 18.6. The van der Waals surface area contributed by atoms with Gasteiger partial charge in [-0.05, 0) is 71.2 Å². The highest BCUT2D eigenvalue weighted by molar-refractivity contribution is 9.10. The number of hydrogen-bond acceptors (Lipinski definition) is 5. The fourth-order valence-corrected chi connectivity index (χ4v) is 4.06. The molecule has 168 valence electrons. The van der Waals surface area contributed by atoms with Crippen molar-refractivity contribution in [3.63, 3.8) is 0 Å². The van der Waals surface area contributed by atoms with E-state index < -0.39 is 11.7 Å². The van der Waals surface area contributed by atoms with Crippen LogP contribution in [0, 0.1) is 0 Å². The number of alkyl halides is 3. The lowest BCUT2D eigenvalue weighted by Gasteiger charge is -2.31. The fourth-order valence-electron chi connectivity index (χ4n) is 3.65. The number of hydrogen-bond donors (Lipinski definition) is 0. The van der Waals surface area contributed by atoms with Crippen LogP contribution in [0.2, 0.25) is 0 Å². The van der Waals surface area contributed by atoms with Gasteiger partial charge in [0.2, 0.25) is 11.8 Å². The molecule has 1 amide bonds. The number of carbonyl (C=O) groups is 1. The van der Waals surface area contributed by atoms with Gasteiger partial charge in [0.25, 0.3) is 5.91 Å². The Labute approximate surface area is 190 Å². The van der Waals surface area contributed by atoms with Crippen molar-refractivity contribution in [1.82, 2.24) is 15.1 Å². The van der Waals surface area contributed by atoms with Gasteiger partial charge in [-0.15, -0.1) is 10.2 Å². The van der Waals surface area contributed by atoms with Crippen LogP contribution in [0.1, 0.15) is 40.6 Å².